The van der Waals surface area contributed by atoms with E-state index in [1.165, 1.54) is 23.4 Å². The van der Waals surface area contributed by atoms with E-state index in [-0.39, 0.29) is 17.6 Å². The highest BCUT2D eigenvalue weighted by Gasteiger charge is 2.14. The largest absolute Gasteiger partial charge is 0.335 e. The van der Waals surface area contributed by atoms with E-state index in [1.54, 1.807) is 24.3 Å². The number of nitrogen functional groups attached to an aromatic ring is 1. The zero-order valence-electron chi connectivity index (χ0n) is 15.5. The summed E-state index contributed by atoms with van der Waals surface area (Å²) >= 11 is 1.19. The van der Waals surface area contributed by atoms with Crippen LogP contribution in [-0.2, 0) is 9.59 Å². The number of nitrogens with one attached hydrogen (secondary N) is 2. The van der Waals surface area contributed by atoms with Gasteiger partial charge in [0.1, 0.15) is 0 Å². The average molecular weight is 396 g/mol. The van der Waals surface area contributed by atoms with Gasteiger partial charge in [0.2, 0.25) is 17.0 Å². The van der Waals surface area contributed by atoms with E-state index in [1.807, 2.05) is 31.2 Å². The van der Waals surface area contributed by atoms with Crippen molar-refractivity contribution in [3.63, 3.8) is 0 Å². The molecule has 3 aromatic rings. The summed E-state index contributed by atoms with van der Waals surface area (Å²) in [5.41, 5.74) is 3.20. The molecule has 0 aliphatic carbocycles. The average Bonchev–Trinajstić information content (AvgIpc) is 3.01. The minimum Gasteiger partial charge on any atom is -0.335 e. The number of carbonyl (C=O) groups is 2. The van der Waals surface area contributed by atoms with Gasteiger partial charge in [-0.15, -0.1) is 10.2 Å². The first-order chi connectivity index (χ1) is 13.4. The van der Waals surface area contributed by atoms with Gasteiger partial charge in [-0.1, -0.05) is 47.7 Å². The van der Waals surface area contributed by atoms with E-state index in [9.17, 15) is 9.59 Å². The summed E-state index contributed by atoms with van der Waals surface area (Å²) in [4.78, 5) is 23.4. The molecule has 0 fully saturated rings. The molecule has 0 atom stereocenters. The van der Waals surface area contributed by atoms with Crippen LogP contribution in [0.3, 0.4) is 0 Å². The Balaban J connectivity index is 1.61. The number of nitrogens with two attached hydrogens (primary N) is 1. The second-order valence-corrected chi connectivity index (χ2v) is 7.08. The van der Waals surface area contributed by atoms with Gasteiger partial charge in [-0.3, -0.25) is 9.59 Å². The number of thioether (sulfide) groups is 1. The van der Waals surface area contributed by atoms with Gasteiger partial charge in [0, 0.05) is 23.9 Å². The van der Waals surface area contributed by atoms with Crippen LogP contribution in [0.5, 0.6) is 0 Å². The Morgan fingerprint density at radius 2 is 1.75 bits per heavy atom. The predicted molar refractivity (Wildman–Crippen MR) is 110 cm³/mol. The van der Waals surface area contributed by atoms with E-state index in [0.29, 0.717) is 22.4 Å². The molecule has 0 radical (unpaired) electrons. The van der Waals surface area contributed by atoms with Crippen LogP contribution in [0.4, 0.5) is 11.4 Å². The lowest BCUT2D eigenvalue weighted by molar-refractivity contribution is -0.114. The van der Waals surface area contributed by atoms with Gasteiger partial charge < -0.3 is 16.5 Å². The number of rotatable bonds is 6. The second kappa shape index (κ2) is 8.57. The third-order valence-electron chi connectivity index (χ3n) is 3.77. The van der Waals surface area contributed by atoms with Crippen molar-refractivity contribution >= 4 is 35.0 Å². The van der Waals surface area contributed by atoms with Gasteiger partial charge >= 0.3 is 0 Å². The topological polar surface area (TPSA) is 115 Å². The number of anilines is 2. The van der Waals surface area contributed by atoms with Gasteiger partial charge in [-0.05, 0) is 25.1 Å². The summed E-state index contributed by atoms with van der Waals surface area (Å²) < 4.78 is 1.38. The lowest BCUT2D eigenvalue weighted by Crippen LogP contribution is -2.16. The van der Waals surface area contributed by atoms with Crippen molar-refractivity contribution in [2.45, 2.75) is 19.0 Å². The zero-order valence-corrected chi connectivity index (χ0v) is 16.3. The number of amides is 2. The predicted octanol–water partition coefficient (Wildman–Crippen LogP) is 2.66. The highest BCUT2D eigenvalue weighted by atomic mass is 32.2. The zero-order chi connectivity index (χ0) is 20.1. The molecule has 2 amide bonds. The highest BCUT2D eigenvalue weighted by Crippen LogP contribution is 2.22. The monoisotopic (exact) mass is 396 g/mol. The van der Waals surface area contributed by atoms with Crippen molar-refractivity contribution in [2.24, 2.45) is 0 Å². The molecule has 8 nitrogen and oxygen atoms in total. The number of aryl methyl sites for hydroxylation is 1. The standard InChI is InChI=1S/C19H20N6O2S/c1-12-6-8-14(9-7-12)18-23-24-19(25(18)20)28-11-17(27)22-16-5-3-4-15(10-16)21-13(2)26/h3-10H,11,20H2,1-2H3,(H,21,26)(H,22,27). The fourth-order valence-electron chi connectivity index (χ4n) is 2.48. The summed E-state index contributed by atoms with van der Waals surface area (Å²) in [6.45, 7) is 3.43. The van der Waals surface area contributed by atoms with Crippen molar-refractivity contribution < 1.29 is 9.59 Å². The van der Waals surface area contributed by atoms with Crippen molar-refractivity contribution in [1.82, 2.24) is 14.9 Å². The number of hydrogen-bond acceptors (Lipinski definition) is 6. The molecule has 2 aromatic carbocycles. The van der Waals surface area contributed by atoms with Crippen molar-refractivity contribution in [3.05, 3.63) is 54.1 Å². The first-order valence-electron chi connectivity index (χ1n) is 8.50. The van der Waals surface area contributed by atoms with Crippen LogP contribution in [0.2, 0.25) is 0 Å². The van der Waals surface area contributed by atoms with E-state index < -0.39 is 0 Å². The number of carbonyl (C=O) groups excluding carboxylic acids is 2. The molecule has 0 aliphatic rings. The van der Waals surface area contributed by atoms with Crippen LogP contribution in [0.15, 0.2) is 53.7 Å². The molecular weight excluding hydrogens is 376 g/mol. The van der Waals surface area contributed by atoms with Crippen LogP contribution in [0.25, 0.3) is 11.4 Å². The van der Waals surface area contributed by atoms with Gasteiger partial charge in [0.15, 0.2) is 5.82 Å². The highest BCUT2D eigenvalue weighted by molar-refractivity contribution is 7.99. The molecular formula is C19H20N6O2S. The normalized spacial score (nSPS) is 10.5. The lowest BCUT2D eigenvalue weighted by atomic mass is 10.1. The maximum atomic E-state index is 12.2. The van der Waals surface area contributed by atoms with E-state index in [0.717, 1.165) is 11.1 Å². The Kier molecular flexibility index (Phi) is 5.95. The Bertz CT molecular complexity index is 1000. The minimum absolute atomic E-state index is 0.119. The third-order valence-corrected chi connectivity index (χ3v) is 4.72. The molecule has 9 heteroatoms. The van der Waals surface area contributed by atoms with Crippen molar-refractivity contribution in [1.29, 1.82) is 0 Å². The molecule has 28 heavy (non-hydrogen) atoms. The molecule has 1 aromatic heterocycles. The Morgan fingerprint density at radius 3 is 2.43 bits per heavy atom. The van der Waals surface area contributed by atoms with E-state index in [2.05, 4.69) is 20.8 Å². The Hall–Kier alpha value is -3.33. The molecule has 4 N–H and O–H groups in total. The maximum Gasteiger partial charge on any atom is 0.234 e. The number of nitrogens with zero attached hydrogens (tertiary/aromatic N) is 3. The Labute approximate surface area is 166 Å². The molecule has 3 rings (SSSR count). The third kappa shape index (κ3) is 4.89. The molecule has 1 heterocycles. The lowest BCUT2D eigenvalue weighted by Gasteiger charge is -2.08. The van der Waals surface area contributed by atoms with E-state index in [4.69, 9.17) is 5.84 Å². The van der Waals surface area contributed by atoms with Crippen LogP contribution in [0.1, 0.15) is 12.5 Å². The van der Waals surface area contributed by atoms with Gasteiger partial charge in [-0.25, -0.2) is 4.68 Å². The summed E-state index contributed by atoms with van der Waals surface area (Å²) in [6.07, 6.45) is 0. The minimum atomic E-state index is -0.218. The van der Waals surface area contributed by atoms with Crippen molar-refractivity contribution in [3.8, 4) is 11.4 Å². The van der Waals surface area contributed by atoms with Crippen molar-refractivity contribution in [2.75, 3.05) is 22.2 Å². The maximum absolute atomic E-state index is 12.2. The fourth-order valence-corrected chi connectivity index (χ4v) is 3.14. The van der Waals surface area contributed by atoms with Crippen LogP contribution >= 0.6 is 11.8 Å². The smallest absolute Gasteiger partial charge is 0.234 e. The molecule has 0 bridgehead atoms. The number of hydrogen-bond donors (Lipinski definition) is 3. The fraction of sp³-hybridized carbons (Fsp3) is 0.158. The second-order valence-electron chi connectivity index (χ2n) is 6.14. The first-order valence-corrected chi connectivity index (χ1v) is 9.49. The molecule has 0 saturated carbocycles. The van der Waals surface area contributed by atoms with Crippen LogP contribution in [0, 0.1) is 6.92 Å². The summed E-state index contributed by atoms with van der Waals surface area (Å²) in [5, 5.41) is 14.1. The summed E-state index contributed by atoms with van der Waals surface area (Å²) in [5.74, 6) is 6.34. The summed E-state index contributed by atoms with van der Waals surface area (Å²) in [7, 11) is 0. The van der Waals surface area contributed by atoms with Gasteiger partial charge in [0.05, 0.1) is 5.75 Å². The van der Waals surface area contributed by atoms with Crippen LogP contribution < -0.4 is 16.5 Å². The molecule has 0 saturated heterocycles. The molecule has 0 spiro atoms. The number of benzene rings is 2. The van der Waals surface area contributed by atoms with Gasteiger partial charge in [-0.2, -0.15) is 0 Å². The molecule has 144 valence electrons. The number of aromatic nitrogens is 3. The SMILES string of the molecule is CC(=O)Nc1cccc(NC(=O)CSc2nnc(-c3ccc(C)cc3)n2N)c1. The molecule has 0 aliphatic heterocycles. The Morgan fingerprint density at radius 1 is 1.07 bits per heavy atom. The summed E-state index contributed by atoms with van der Waals surface area (Å²) in [6, 6.07) is 14.7. The van der Waals surface area contributed by atoms with E-state index >= 15 is 0 Å². The first kappa shape index (κ1) is 19.4. The van der Waals surface area contributed by atoms with Crippen LogP contribution in [-0.4, -0.2) is 32.4 Å². The quantitative estimate of drug-likeness (QED) is 0.436. The van der Waals surface area contributed by atoms with Gasteiger partial charge in [0.25, 0.3) is 0 Å². The molecule has 0 unspecified atom stereocenters.